The zero-order chi connectivity index (χ0) is 26.6. The lowest BCUT2D eigenvalue weighted by Crippen LogP contribution is -2.12. The minimum absolute atomic E-state index is 0.223. The predicted octanol–water partition coefficient (Wildman–Crippen LogP) is 9.32. The monoisotopic (exact) mass is 477 g/mol. The molecule has 2 aromatic carbocycles. The normalized spacial score (nSPS) is 11.9. The van der Waals surface area contributed by atoms with E-state index in [1.165, 1.54) is 32.1 Å². The van der Waals surface area contributed by atoms with E-state index in [-0.39, 0.29) is 5.82 Å². The maximum atomic E-state index is 8.46. The molecule has 0 aliphatic carbocycles. The first-order valence-corrected chi connectivity index (χ1v) is 12.8. The number of nitrogens with zero attached hydrogens (tertiary/aromatic N) is 1. The summed E-state index contributed by atoms with van der Waals surface area (Å²) in [6.45, 7) is 18.4. The third-order valence-corrected chi connectivity index (χ3v) is 5.11. The standard InChI is InChI=1S/C20H21N3O.C8H18.C3H8/c1-4-19(14(2)23-15(3)21)20(22)16-9-8-12-18(13-16)24-17-10-6-5-7-11-17;1-4-6-7-8(3)5-2;1-3-2/h4-13,22H,3,21H2,1-2H3;8H,4-7H2,1-3H3;3H2,1-2H3/b19-4+,22-20?,23-14-;;. The second-order valence-electron chi connectivity index (χ2n) is 8.57. The maximum Gasteiger partial charge on any atom is 0.128 e. The Morgan fingerprint density at radius 1 is 1.06 bits per heavy atom. The first-order chi connectivity index (χ1) is 16.7. The maximum absolute atomic E-state index is 8.46. The van der Waals surface area contributed by atoms with Crippen molar-refractivity contribution in [1.82, 2.24) is 0 Å². The topological polar surface area (TPSA) is 71.5 Å². The summed E-state index contributed by atoms with van der Waals surface area (Å²) in [7, 11) is 0. The zero-order valence-electron chi connectivity index (χ0n) is 23.0. The number of aliphatic imine (C=N–C) groups is 1. The highest BCUT2D eigenvalue weighted by Gasteiger charge is 2.11. The van der Waals surface area contributed by atoms with Crippen molar-refractivity contribution in [2.75, 3.05) is 0 Å². The van der Waals surface area contributed by atoms with Gasteiger partial charge < -0.3 is 10.5 Å². The Morgan fingerprint density at radius 2 is 1.66 bits per heavy atom. The van der Waals surface area contributed by atoms with E-state index in [0.717, 1.165) is 17.2 Å². The molecule has 2 aromatic rings. The number of allylic oxidation sites excluding steroid dienone is 2. The van der Waals surface area contributed by atoms with Crippen molar-refractivity contribution >= 4 is 11.4 Å². The van der Waals surface area contributed by atoms with E-state index < -0.39 is 0 Å². The summed E-state index contributed by atoms with van der Waals surface area (Å²) < 4.78 is 5.83. The van der Waals surface area contributed by atoms with Gasteiger partial charge in [0.05, 0.1) is 5.71 Å². The van der Waals surface area contributed by atoms with Crippen LogP contribution in [0.3, 0.4) is 0 Å². The van der Waals surface area contributed by atoms with Gasteiger partial charge in [-0.05, 0) is 44.0 Å². The summed E-state index contributed by atoms with van der Waals surface area (Å²) in [4.78, 5) is 4.14. The largest absolute Gasteiger partial charge is 0.457 e. The second kappa shape index (κ2) is 19.2. The number of nitrogens with two attached hydrogens (primary N) is 1. The van der Waals surface area contributed by atoms with Gasteiger partial charge in [0.1, 0.15) is 17.3 Å². The third kappa shape index (κ3) is 14.0. The van der Waals surface area contributed by atoms with Crippen LogP contribution in [-0.2, 0) is 0 Å². The number of ether oxygens (including phenoxy) is 1. The lowest BCUT2D eigenvalue weighted by atomic mass is 9.99. The van der Waals surface area contributed by atoms with Crippen LogP contribution in [0.25, 0.3) is 0 Å². The van der Waals surface area contributed by atoms with Gasteiger partial charge in [0.25, 0.3) is 0 Å². The highest BCUT2D eigenvalue weighted by Crippen LogP contribution is 2.23. The third-order valence-electron chi connectivity index (χ3n) is 5.11. The molecule has 0 amide bonds. The number of hydrogen-bond donors (Lipinski definition) is 2. The van der Waals surface area contributed by atoms with Gasteiger partial charge in [-0.1, -0.05) is 110 Å². The average Bonchev–Trinajstić information content (AvgIpc) is 2.84. The molecule has 0 bridgehead atoms. The van der Waals surface area contributed by atoms with Gasteiger partial charge in [0, 0.05) is 16.8 Å². The Balaban J connectivity index is 0.000000882. The Morgan fingerprint density at radius 3 is 2.17 bits per heavy atom. The number of unbranched alkanes of at least 4 members (excludes halogenated alkanes) is 1. The highest BCUT2D eigenvalue weighted by atomic mass is 16.5. The van der Waals surface area contributed by atoms with Crippen molar-refractivity contribution in [2.45, 2.75) is 80.6 Å². The fourth-order valence-electron chi connectivity index (χ4n) is 3.06. The van der Waals surface area contributed by atoms with Crippen LogP contribution in [0, 0.1) is 11.3 Å². The SMILES string of the molecule is C=C(N)/N=C(C)\C(=C/C)C(=N)c1cccc(Oc2ccccc2)c1.CCC.CCCCC(C)CC. The Kier molecular flexibility index (Phi) is 17.5. The second-order valence-corrected chi connectivity index (χ2v) is 8.57. The Bertz CT molecular complexity index is 929. The van der Waals surface area contributed by atoms with Crippen LogP contribution in [0.5, 0.6) is 11.5 Å². The van der Waals surface area contributed by atoms with Gasteiger partial charge in [-0.15, -0.1) is 0 Å². The van der Waals surface area contributed by atoms with Crippen LogP contribution >= 0.6 is 0 Å². The number of para-hydroxylation sites is 1. The molecule has 0 saturated heterocycles. The Labute approximate surface area is 214 Å². The van der Waals surface area contributed by atoms with Crippen LogP contribution in [-0.4, -0.2) is 11.4 Å². The van der Waals surface area contributed by atoms with Gasteiger partial charge in [-0.2, -0.15) is 0 Å². The van der Waals surface area contributed by atoms with Crippen molar-refractivity contribution in [3.63, 3.8) is 0 Å². The van der Waals surface area contributed by atoms with E-state index in [1.54, 1.807) is 0 Å². The van der Waals surface area contributed by atoms with E-state index in [4.69, 9.17) is 15.9 Å². The molecule has 4 nitrogen and oxygen atoms in total. The smallest absolute Gasteiger partial charge is 0.128 e. The van der Waals surface area contributed by atoms with Crippen LogP contribution in [0.15, 0.2) is 83.6 Å². The molecule has 2 rings (SSSR count). The summed E-state index contributed by atoms with van der Waals surface area (Å²) >= 11 is 0. The molecule has 0 saturated carbocycles. The predicted molar refractivity (Wildman–Crippen MR) is 155 cm³/mol. The first kappa shape index (κ1) is 31.9. The summed E-state index contributed by atoms with van der Waals surface area (Å²) in [5.41, 5.74) is 8.00. The van der Waals surface area contributed by atoms with Crippen LogP contribution < -0.4 is 10.5 Å². The molecule has 4 heteroatoms. The lowest BCUT2D eigenvalue weighted by molar-refractivity contribution is 0.482. The van der Waals surface area contributed by atoms with E-state index >= 15 is 0 Å². The van der Waals surface area contributed by atoms with Crippen molar-refractivity contribution < 1.29 is 4.74 Å². The van der Waals surface area contributed by atoms with E-state index in [0.29, 0.717) is 22.7 Å². The average molecular weight is 478 g/mol. The first-order valence-electron chi connectivity index (χ1n) is 12.8. The van der Waals surface area contributed by atoms with E-state index in [1.807, 2.05) is 74.5 Å². The number of hydrogen-bond acceptors (Lipinski definition) is 4. The van der Waals surface area contributed by atoms with Crippen LogP contribution in [0.4, 0.5) is 0 Å². The van der Waals surface area contributed by atoms with Gasteiger partial charge >= 0.3 is 0 Å². The minimum atomic E-state index is 0.223. The molecule has 3 N–H and O–H groups in total. The molecule has 192 valence electrons. The molecule has 0 radical (unpaired) electrons. The number of rotatable bonds is 10. The van der Waals surface area contributed by atoms with Crippen LogP contribution in [0.2, 0.25) is 0 Å². The van der Waals surface area contributed by atoms with Gasteiger partial charge in [-0.25, -0.2) is 4.99 Å². The molecule has 0 spiro atoms. The van der Waals surface area contributed by atoms with Gasteiger partial charge in [-0.3, -0.25) is 5.41 Å². The molecule has 1 unspecified atom stereocenters. The molecule has 35 heavy (non-hydrogen) atoms. The fourth-order valence-corrected chi connectivity index (χ4v) is 3.06. The minimum Gasteiger partial charge on any atom is -0.457 e. The summed E-state index contributed by atoms with van der Waals surface area (Å²) in [5, 5.41) is 8.46. The van der Waals surface area contributed by atoms with Crippen molar-refractivity contribution in [2.24, 2.45) is 16.6 Å². The van der Waals surface area contributed by atoms with E-state index in [9.17, 15) is 0 Å². The summed E-state index contributed by atoms with van der Waals surface area (Å²) in [6, 6.07) is 17.0. The highest BCUT2D eigenvalue weighted by molar-refractivity contribution is 6.28. The fraction of sp³-hybridized carbons (Fsp3) is 0.419. The van der Waals surface area contributed by atoms with Crippen molar-refractivity contribution in [3.8, 4) is 11.5 Å². The quantitative estimate of drug-likeness (QED) is 0.335. The molecule has 0 fully saturated rings. The molecule has 0 aliphatic rings. The molecule has 1 atom stereocenters. The van der Waals surface area contributed by atoms with E-state index in [2.05, 4.69) is 46.2 Å². The Hall–Kier alpha value is -3.14. The molecular formula is C31H47N3O. The number of benzene rings is 2. The van der Waals surface area contributed by atoms with Crippen LogP contribution in [0.1, 0.15) is 86.1 Å². The van der Waals surface area contributed by atoms with Gasteiger partial charge in [0.15, 0.2) is 0 Å². The summed E-state index contributed by atoms with van der Waals surface area (Å²) in [5.74, 6) is 2.61. The van der Waals surface area contributed by atoms with Crippen molar-refractivity contribution in [1.29, 1.82) is 5.41 Å². The molecular weight excluding hydrogens is 430 g/mol. The lowest BCUT2D eigenvalue weighted by Gasteiger charge is -2.11. The summed E-state index contributed by atoms with van der Waals surface area (Å²) in [6.07, 6.45) is 8.63. The number of nitrogens with one attached hydrogen (secondary N) is 1. The zero-order valence-corrected chi connectivity index (χ0v) is 23.0. The molecule has 0 heterocycles. The van der Waals surface area contributed by atoms with Gasteiger partial charge in [0.2, 0.25) is 0 Å². The van der Waals surface area contributed by atoms with Crippen molar-refractivity contribution in [3.05, 3.63) is 84.2 Å². The molecule has 0 aliphatic heterocycles. The molecule has 0 aromatic heterocycles.